The molecule has 0 aromatic heterocycles. The van der Waals surface area contributed by atoms with E-state index < -0.39 is 10.0 Å². The number of anilines is 1. The normalized spacial score (nSPS) is 11.3. The van der Waals surface area contributed by atoms with Gasteiger partial charge in [0, 0.05) is 18.8 Å². The summed E-state index contributed by atoms with van der Waals surface area (Å²) in [4.78, 5) is 0. The molecular weight excluding hydrogens is 286 g/mol. The smallest absolute Gasteiger partial charge is 0.213 e. The average molecular weight is 309 g/mol. The zero-order chi connectivity index (χ0) is 15.7. The molecule has 0 aliphatic rings. The van der Waals surface area contributed by atoms with Crippen LogP contribution in [0.1, 0.15) is 38.7 Å². The van der Waals surface area contributed by atoms with Crippen molar-refractivity contribution in [2.75, 3.05) is 18.4 Å². The Morgan fingerprint density at radius 3 is 2.29 bits per heavy atom. The number of nitrogens with one attached hydrogen (secondary N) is 2. The van der Waals surface area contributed by atoms with Crippen LogP contribution in [0.5, 0.6) is 0 Å². The van der Waals surface area contributed by atoms with E-state index in [-0.39, 0.29) is 5.25 Å². The van der Waals surface area contributed by atoms with Crippen molar-refractivity contribution in [1.82, 2.24) is 4.72 Å². The van der Waals surface area contributed by atoms with Gasteiger partial charge < -0.3 is 5.32 Å². The lowest BCUT2D eigenvalue weighted by Gasteiger charge is -2.09. The van der Waals surface area contributed by atoms with E-state index >= 15 is 0 Å². The molecule has 0 saturated carbocycles. The second kappa shape index (κ2) is 8.65. The van der Waals surface area contributed by atoms with E-state index in [2.05, 4.69) is 16.1 Å². The zero-order valence-electron chi connectivity index (χ0n) is 12.6. The molecule has 1 aromatic rings. The lowest BCUT2D eigenvalue weighted by Crippen LogP contribution is -2.31. The Balaban J connectivity index is 2.11. The van der Waals surface area contributed by atoms with E-state index in [0.29, 0.717) is 12.1 Å². The molecule has 0 spiro atoms. The fourth-order valence-corrected chi connectivity index (χ4v) is 2.47. The lowest BCUT2D eigenvalue weighted by atomic mass is 10.2. The molecule has 0 atom stereocenters. The van der Waals surface area contributed by atoms with Gasteiger partial charge in [-0.05, 0) is 51.0 Å². The molecule has 5 nitrogen and oxygen atoms in total. The summed E-state index contributed by atoms with van der Waals surface area (Å²) in [5.74, 6) is 0. The van der Waals surface area contributed by atoms with Crippen LogP contribution in [0.2, 0.25) is 0 Å². The minimum Gasteiger partial charge on any atom is -0.385 e. The van der Waals surface area contributed by atoms with Crippen LogP contribution in [0.15, 0.2) is 24.3 Å². The molecule has 0 fully saturated rings. The van der Waals surface area contributed by atoms with Crippen molar-refractivity contribution in [2.24, 2.45) is 0 Å². The Morgan fingerprint density at radius 2 is 1.71 bits per heavy atom. The lowest BCUT2D eigenvalue weighted by molar-refractivity contribution is 0.566. The van der Waals surface area contributed by atoms with Gasteiger partial charge in [-0.25, -0.2) is 13.1 Å². The monoisotopic (exact) mass is 309 g/mol. The highest BCUT2D eigenvalue weighted by Crippen LogP contribution is 2.09. The van der Waals surface area contributed by atoms with Gasteiger partial charge in [-0.3, -0.25) is 0 Å². The Labute approximate surface area is 127 Å². The van der Waals surface area contributed by atoms with Crippen LogP contribution in [0.25, 0.3) is 0 Å². The van der Waals surface area contributed by atoms with E-state index in [1.807, 2.05) is 12.1 Å². The van der Waals surface area contributed by atoms with Crippen molar-refractivity contribution in [2.45, 2.75) is 38.4 Å². The SMILES string of the molecule is CC(C)S(=O)(=O)NCCCCCNc1ccc(C#N)cc1. The maximum atomic E-state index is 11.5. The fourth-order valence-electron chi connectivity index (χ4n) is 1.70. The third-order valence-electron chi connectivity index (χ3n) is 3.12. The van der Waals surface area contributed by atoms with Gasteiger partial charge in [-0.15, -0.1) is 0 Å². The highest BCUT2D eigenvalue weighted by atomic mass is 32.2. The molecule has 0 unspecified atom stereocenters. The van der Waals surface area contributed by atoms with E-state index in [9.17, 15) is 8.42 Å². The van der Waals surface area contributed by atoms with Crippen molar-refractivity contribution in [3.63, 3.8) is 0 Å². The Morgan fingerprint density at radius 1 is 1.10 bits per heavy atom. The molecule has 21 heavy (non-hydrogen) atoms. The third kappa shape index (κ3) is 6.61. The van der Waals surface area contributed by atoms with E-state index in [4.69, 9.17) is 5.26 Å². The molecule has 0 radical (unpaired) electrons. The molecule has 1 aromatic carbocycles. The number of nitrogens with zero attached hydrogens (tertiary/aromatic N) is 1. The van der Waals surface area contributed by atoms with E-state index in [1.54, 1.807) is 26.0 Å². The van der Waals surface area contributed by atoms with Crippen molar-refractivity contribution >= 4 is 15.7 Å². The minimum atomic E-state index is -3.13. The van der Waals surface area contributed by atoms with Crippen LogP contribution in [0.3, 0.4) is 0 Å². The number of rotatable bonds is 9. The Hall–Kier alpha value is -1.58. The minimum absolute atomic E-state index is 0.379. The predicted octanol–water partition coefficient (Wildman–Crippen LogP) is 2.47. The van der Waals surface area contributed by atoms with Gasteiger partial charge in [-0.2, -0.15) is 5.26 Å². The summed E-state index contributed by atoms with van der Waals surface area (Å²) in [5.41, 5.74) is 1.65. The molecular formula is C15H23N3O2S. The highest BCUT2D eigenvalue weighted by molar-refractivity contribution is 7.90. The van der Waals surface area contributed by atoms with Crippen LogP contribution in [0.4, 0.5) is 5.69 Å². The molecule has 0 heterocycles. The fraction of sp³-hybridized carbons (Fsp3) is 0.533. The summed E-state index contributed by atoms with van der Waals surface area (Å²) < 4.78 is 25.6. The second-order valence-electron chi connectivity index (χ2n) is 5.16. The molecule has 0 aliphatic carbocycles. The van der Waals surface area contributed by atoms with Crippen LogP contribution >= 0.6 is 0 Å². The largest absolute Gasteiger partial charge is 0.385 e. The molecule has 116 valence electrons. The summed E-state index contributed by atoms with van der Waals surface area (Å²) >= 11 is 0. The van der Waals surface area contributed by atoms with Crippen molar-refractivity contribution in [3.05, 3.63) is 29.8 Å². The van der Waals surface area contributed by atoms with Crippen LogP contribution in [-0.4, -0.2) is 26.8 Å². The predicted molar refractivity (Wildman–Crippen MR) is 85.6 cm³/mol. The average Bonchev–Trinajstić information content (AvgIpc) is 2.46. The third-order valence-corrected chi connectivity index (χ3v) is 4.97. The molecule has 0 bridgehead atoms. The molecule has 1 rings (SSSR count). The first-order chi connectivity index (χ1) is 9.95. The molecule has 0 aliphatic heterocycles. The molecule has 2 N–H and O–H groups in total. The zero-order valence-corrected chi connectivity index (χ0v) is 13.4. The topological polar surface area (TPSA) is 82.0 Å². The number of hydrogen-bond acceptors (Lipinski definition) is 4. The summed E-state index contributed by atoms with van der Waals surface area (Å²) in [5, 5.41) is 11.6. The summed E-state index contributed by atoms with van der Waals surface area (Å²) in [7, 11) is -3.13. The maximum absolute atomic E-state index is 11.5. The molecule has 6 heteroatoms. The van der Waals surface area contributed by atoms with E-state index in [0.717, 1.165) is 31.5 Å². The van der Waals surface area contributed by atoms with Gasteiger partial charge >= 0.3 is 0 Å². The van der Waals surface area contributed by atoms with Gasteiger partial charge in [-0.1, -0.05) is 6.42 Å². The van der Waals surface area contributed by atoms with Gasteiger partial charge in [0.2, 0.25) is 10.0 Å². The van der Waals surface area contributed by atoms with Gasteiger partial charge in [0.15, 0.2) is 0 Å². The summed E-state index contributed by atoms with van der Waals surface area (Å²) in [6.07, 6.45) is 2.77. The number of hydrogen-bond donors (Lipinski definition) is 2. The standard InChI is InChI=1S/C15H23N3O2S/c1-13(2)21(19,20)18-11-5-3-4-10-17-15-8-6-14(12-16)7-9-15/h6-9,13,17-18H,3-5,10-11H2,1-2H3. The van der Waals surface area contributed by atoms with Crippen LogP contribution in [0, 0.1) is 11.3 Å². The first-order valence-corrected chi connectivity index (χ1v) is 8.73. The number of sulfonamides is 1. The van der Waals surface area contributed by atoms with Crippen molar-refractivity contribution in [3.8, 4) is 6.07 Å². The van der Waals surface area contributed by atoms with Crippen molar-refractivity contribution in [1.29, 1.82) is 5.26 Å². The Kier molecular flexibility index (Phi) is 7.20. The number of unbranched alkanes of at least 4 members (excludes halogenated alkanes) is 2. The van der Waals surface area contributed by atoms with Crippen LogP contribution < -0.4 is 10.0 Å². The van der Waals surface area contributed by atoms with Crippen molar-refractivity contribution < 1.29 is 8.42 Å². The maximum Gasteiger partial charge on any atom is 0.213 e. The number of benzene rings is 1. The van der Waals surface area contributed by atoms with Gasteiger partial charge in [0.25, 0.3) is 0 Å². The highest BCUT2D eigenvalue weighted by Gasteiger charge is 2.13. The molecule has 0 amide bonds. The number of nitriles is 1. The first-order valence-electron chi connectivity index (χ1n) is 7.18. The summed E-state index contributed by atoms with van der Waals surface area (Å²) in [6.45, 7) is 4.67. The molecule has 0 saturated heterocycles. The first kappa shape index (κ1) is 17.5. The second-order valence-corrected chi connectivity index (χ2v) is 7.49. The Bertz CT molecular complexity index is 560. The van der Waals surface area contributed by atoms with E-state index in [1.165, 1.54) is 0 Å². The quantitative estimate of drug-likeness (QED) is 0.687. The summed E-state index contributed by atoms with van der Waals surface area (Å²) in [6, 6.07) is 9.41. The van der Waals surface area contributed by atoms with Gasteiger partial charge in [0.05, 0.1) is 16.9 Å². The van der Waals surface area contributed by atoms with Gasteiger partial charge in [0.1, 0.15) is 0 Å². The van der Waals surface area contributed by atoms with Crippen LogP contribution in [-0.2, 0) is 10.0 Å².